The second-order valence-corrected chi connectivity index (χ2v) is 4.31. The third-order valence-electron chi connectivity index (χ3n) is 2.69. The number of hydrogen-bond acceptors (Lipinski definition) is 3. The molecule has 2 aromatic heterocycles. The number of aromatic nitrogens is 3. The van der Waals surface area contributed by atoms with Crippen LogP contribution in [0.25, 0.3) is 5.65 Å². The van der Waals surface area contributed by atoms with Crippen molar-refractivity contribution in [2.24, 2.45) is 0 Å². The number of ether oxygens (including phenoxy) is 1. The zero-order valence-corrected chi connectivity index (χ0v) is 10.5. The number of fused-ring (bicyclic) bond motifs is 1. The summed E-state index contributed by atoms with van der Waals surface area (Å²) in [4.78, 5) is 0. The van der Waals surface area contributed by atoms with Gasteiger partial charge in [0, 0.05) is 11.8 Å². The van der Waals surface area contributed by atoms with Crippen molar-refractivity contribution in [2.75, 3.05) is 0 Å². The molecule has 2 heterocycles. The second kappa shape index (κ2) is 4.85. The zero-order chi connectivity index (χ0) is 13.2. The van der Waals surface area contributed by atoms with Gasteiger partial charge in [-0.15, -0.1) is 5.10 Å². The Bertz CT molecular complexity index is 708. The monoisotopic (exact) mass is 277 g/mol. The lowest BCUT2D eigenvalue weighted by Crippen LogP contribution is -2.02. The molecule has 0 amide bonds. The van der Waals surface area contributed by atoms with Crippen molar-refractivity contribution < 1.29 is 9.13 Å². The summed E-state index contributed by atoms with van der Waals surface area (Å²) in [5.41, 5.74) is 0.967. The lowest BCUT2D eigenvalue weighted by molar-refractivity contribution is 0.272. The molecule has 0 N–H and O–H groups in total. The van der Waals surface area contributed by atoms with Gasteiger partial charge in [-0.2, -0.15) is 0 Å². The molecule has 0 unspecified atom stereocenters. The van der Waals surface area contributed by atoms with E-state index in [1.165, 1.54) is 6.07 Å². The number of halogens is 2. The van der Waals surface area contributed by atoms with E-state index < -0.39 is 5.82 Å². The van der Waals surface area contributed by atoms with Crippen LogP contribution < -0.4 is 4.74 Å². The highest BCUT2D eigenvalue weighted by molar-refractivity contribution is 6.31. The van der Waals surface area contributed by atoms with E-state index in [1.807, 2.05) is 12.1 Å². The Kier molecular flexibility index (Phi) is 3.05. The van der Waals surface area contributed by atoms with Crippen LogP contribution in [0.5, 0.6) is 6.01 Å². The maximum atomic E-state index is 13.6. The zero-order valence-electron chi connectivity index (χ0n) is 9.75. The summed E-state index contributed by atoms with van der Waals surface area (Å²) in [7, 11) is 0. The molecular weight excluding hydrogens is 269 g/mol. The van der Waals surface area contributed by atoms with Crippen molar-refractivity contribution >= 4 is 17.2 Å². The van der Waals surface area contributed by atoms with Gasteiger partial charge in [-0.1, -0.05) is 28.8 Å². The standard InChI is InChI=1S/C13H9ClFN3O/c14-10-4-3-5-11(15)9(10)8-19-13-17-16-12-6-1-2-7-18(12)13/h1-7H,8H2. The molecule has 0 aliphatic heterocycles. The first-order chi connectivity index (χ1) is 9.25. The molecule has 0 atom stereocenters. The third-order valence-corrected chi connectivity index (χ3v) is 3.04. The Balaban J connectivity index is 1.87. The van der Waals surface area contributed by atoms with Crippen molar-refractivity contribution in [3.8, 4) is 6.01 Å². The number of hydrogen-bond donors (Lipinski definition) is 0. The molecule has 1 aromatic carbocycles. The van der Waals surface area contributed by atoms with Gasteiger partial charge in [0.2, 0.25) is 0 Å². The fourth-order valence-electron chi connectivity index (χ4n) is 1.72. The molecule has 3 rings (SSSR count). The first-order valence-electron chi connectivity index (χ1n) is 5.61. The van der Waals surface area contributed by atoms with Crippen molar-refractivity contribution in [3.05, 3.63) is 59.0 Å². The minimum Gasteiger partial charge on any atom is -0.458 e. The van der Waals surface area contributed by atoms with E-state index in [4.69, 9.17) is 16.3 Å². The fourth-order valence-corrected chi connectivity index (χ4v) is 1.94. The van der Waals surface area contributed by atoms with Crippen molar-refractivity contribution in [2.45, 2.75) is 6.61 Å². The summed E-state index contributed by atoms with van der Waals surface area (Å²) in [6.45, 7) is 0.00118. The van der Waals surface area contributed by atoms with E-state index in [9.17, 15) is 4.39 Å². The Hall–Kier alpha value is -2.14. The van der Waals surface area contributed by atoms with Gasteiger partial charge in [0.05, 0.1) is 5.02 Å². The van der Waals surface area contributed by atoms with Crippen molar-refractivity contribution in [1.29, 1.82) is 0 Å². The summed E-state index contributed by atoms with van der Waals surface area (Å²) in [5, 5.41) is 8.16. The molecular formula is C13H9ClFN3O. The molecule has 0 radical (unpaired) electrons. The SMILES string of the molecule is Fc1cccc(Cl)c1COc1nnc2ccccn12. The highest BCUT2D eigenvalue weighted by atomic mass is 35.5. The van der Waals surface area contributed by atoms with E-state index >= 15 is 0 Å². The maximum absolute atomic E-state index is 13.6. The summed E-state index contributed by atoms with van der Waals surface area (Å²) in [6.07, 6.45) is 1.77. The first kappa shape index (κ1) is 11.9. The van der Waals surface area contributed by atoms with Crippen LogP contribution in [0.15, 0.2) is 42.6 Å². The van der Waals surface area contributed by atoms with Crippen LogP contribution >= 0.6 is 11.6 Å². The molecule has 3 aromatic rings. The number of benzene rings is 1. The Morgan fingerprint density at radius 3 is 2.89 bits per heavy atom. The van der Waals surface area contributed by atoms with Crippen LogP contribution in [0.3, 0.4) is 0 Å². The molecule has 19 heavy (non-hydrogen) atoms. The van der Waals surface area contributed by atoms with Gasteiger partial charge < -0.3 is 4.74 Å². The van der Waals surface area contributed by atoms with Crippen molar-refractivity contribution in [3.63, 3.8) is 0 Å². The average molecular weight is 278 g/mol. The first-order valence-corrected chi connectivity index (χ1v) is 5.99. The summed E-state index contributed by atoms with van der Waals surface area (Å²) in [5.74, 6) is -0.402. The normalized spacial score (nSPS) is 10.8. The van der Waals surface area contributed by atoms with E-state index in [-0.39, 0.29) is 6.61 Å². The molecule has 0 aliphatic carbocycles. The largest absolute Gasteiger partial charge is 0.458 e. The van der Waals surface area contributed by atoms with E-state index in [1.54, 1.807) is 28.8 Å². The minimum absolute atomic E-state index is 0.00118. The van der Waals surface area contributed by atoms with Gasteiger partial charge in [0.1, 0.15) is 12.4 Å². The average Bonchev–Trinajstić information content (AvgIpc) is 2.82. The lowest BCUT2D eigenvalue weighted by Gasteiger charge is -2.06. The van der Waals surface area contributed by atoms with Gasteiger partial charge in [0.15, 0.2) is 5.65 Å². The molecule has 0 saturated heterocycles. The predicted octanol–water partition coefficient (Wildman–Crippen LogP) is 3.10. The van der Waals surface area contributed by atoms with Gasteiger partial charge in [-0.05, 0) is 24.3 Å². The van der Waals surface area contributed by atoms with Crippen LogP contribution in [-0.2, 0) is 6.61 Å². The van der Waals surface area contributed by atoms with Gasteiger partial charge in [0.25, 0.3) is 0 Å². The van der Waals surface area contributed by atoms with Gasteiger partial charge in [-0.3, -0.25) is 4.40 Å². The quantitative estimate of drug-likeness (QED) is 0.738. The molecule has 6 heteroatoms. The molecule has 0 bridgehead atoms. The number of nitrogens with zero attached hydrogens (tertiary/aromatic N) is 3. The van der Waals surface area contributed by atoms with Crippen LogP contribution in [0.4, 0.5) is 4.39 Å². The Morgan fingerprint density at radius 2 is 2.05 bits per heavy atom. The number of pyridine rings is 1. The van der Waals surface area contributed by atoms with Crippen molar-refractivity contribution in [1.82, 2.24) is 14.6 Å². The summed E-state index contributed by atoms with van der Waals surface area (Å²) < 4.78 is 20.7. The molecule has 0 saturated carbocycles. The topological polar surface area (TPSA) is 39.4 Å². The molecule has 0 aliphatic rings. The maximum Gasteiger partial charge on any atom is 0.321 e. The molecule has 4 nitrogen and oxygen atoms in total. The fraction of sp³-hybridized carbons (Fsp3) is 0.0769. The second-order valence-electron chi connectivity index (χ2n) is 3.90. The van der Waals surface area contributed by atoms with Crippen LogP contribution in [0, 0.1) is 5.82 Å². The Labute approximate surface area is 113 Å². The van der Waals surface area contributed by atoms with Gasteiger partial charge >= 0.3 is 6.01 Å². The molecule has 0 spiro atoms. The highest BCUT2D eigenvalue weighted by Crippen LogP contribution is 2.21. The minimum atomic E-state index is -0.402. The predicted molar refractivity (Wildman–Crippen MR) is 68.7 cm³/mol. The van der Waals surface area contributed by atoms with Crippen LogP contribution in [0.1, 0.15) is 5.56 Å². The molecule has 96 valence electrons. The molecule has 0 fully saturated rings. The lowest BCUT2D eigenvalue weighted by atomic mass is 10.2. The number of rotatable bonds is 3. The van der Waals surface area contributed by atoms with Crippen LogP contribution in [-0.4, -0.2) is 14.6 Å². The smallest absolute Gasteiger partial charge is 0.321 e. The van der Waals surface area contributed by atoms with Gasteiger partial charge in [-0.25, -0.2) is 4.39 Å². The summed E-state index contributed by atoms with van der Waals surface area (Å²) in [6, 6.07) is 10.3. The van der Waals surface area contributed by atoms with E-state index in [0.717, 1.165) is 0 Å². The Morgan fingerprint density at radius 1 is 1.16 bits per heavy atom. The van der Waals surface area contributed by atoms with Crippen LogP contribution in [0.2, 0.25) is 5.02 Å². The highest BCUT2D eigenvalue weighted by Gasteiger charge is 2.10. The van der Waals surface area contributed by atoms with E-state index in [0.29, 0.717) is 22.2 Å². The summed E-state index contributed by atoms with van der Waals surface area (Å²) >= 11 is 5.93. The van der Waals surface area contributed by atoms with E-state index in [2.05, 4.69) is 10.2 Å². The third kappa shape index (κ3) is 2.24.